The van der Waals surface area contributed by atoms with Gasteiger partial charge in [-0.2, -0.15) is 0 Å². The molecule has 4 heteroatoms. The van der Waals surface area contributed by atoms with E-state index in [1.807, 2.05) is 12.1 Å². The largest absolute Gasteiger partial charge is 0.376 e. The maximum atomic E-state index is 10.6. The van der Waals surface area contributed by atoms with E-state index in [1.54, 1.807) is 11.3 Å². The molecule has 1 atom stereocenters. The van der Waals surface area contributed by atoms with Crippen LogP contribution in [0.15, 0.2) is 12.1 Å². The summed E-state index contributed by atoms with van der Waals surface area (Å²) < 4.78 is 5.63. The lowest BCUT2D eigenvalue weighted by Gasteiger charge is -2.24. The van der Waals surface area contributed by atoms with Crippen LogP contribution in [-0.2, 0) is 4.74 Å². The highest BCUT2D eigenvalue weighted by Gasteiger charge is 2.19. The van der Waals surface area contributed by atoms with Crippen molar-refractivity contribution in [1.29, 1.82) is 0 Å². The highest BCUT2D eigenvalue weighted by Crippen LogP contribution is 2.26. The average Bonchev–Trinajstić information content (AvgIpc) is 2.96. The summed E-state index contributed by atoms with van der Waals surface area (Å²) in [5.74, 6) is 0. The molecule has 0 aromatic carbocycles. The van der Waals surface area contributed by atoms with E-state index in [1.165, 1.54) is 11.4 Å². The van der Waals surface area contributed by atoms with Gasteiger partial charge < -0.3 is 9.64 Å². The molecule has 1 aliphatic rings. The number of ether oxygens (including phenoxy) is 1. The van der Waals surface area contributed by atoms with E-state index in [0.29, 0.717) is 6.10 Å². The van der Waals surface area contributed by atoms with Crippen molar-refractivity contribution in [3.05, 3.63) is 17.0 Å². The topological polar surface area (TPSA) is 29.5 Å². The van der Waals surface area contributed by atoms with Crippen molar-refractivity contribution in [1.82, 2.24) is 0 Å². The Morgan fingerprint density at radius 1 is 1.62 bits per heavy atom. The lowest BCUT2D eigenvalue weighted by Crippen LogP contribution is -2.31. The monoisotopic (exact) mass is 239 g/mol. The van der Waals surface area contributed by atoms with Crippen molar-refractivity contribution in [3.63, 3.8) is 0 Å². The number of aldehydes is 1. The van der Waals surface area contributed by atoms with Gasteiger partial charge in [-0.15, -0.1) is 11.3 Å². The van der Waals surface area contributed by atoms with Crippen LogP contribution in [-0.4, -0.2) is 32.1 Å². The SMILES string of the molecule is CCN(CC1CCCO1)c1ccc(C=O)s1. The molecule has 0 N–H and O–H groups in total. The Labute approximate surface area is 100 Å². The number of carbonyl (C=O) groups is 1. The fraction of sp³-hybridized carbons (Fsp3) is 0.583. The smallest absolute Gasteiger partial charge is 0.160 e. The minimum Gasteiger partial charge on any atom is -0.376 e. The highest BCUT2D eigenvalue weighted by atomic mass is 32.1. The van der Waals surface area contributed by atoms with Gasteiger partial charge in [0.05, 0.1) is 16.0 Å². The Morgan fingerprint density at radius 3 is 3.06 bits per heavy atom. The lowest BCUT2D eigenvalue weighted by atomic mass is 10.2. The molecule has 2 heterocycles. The van der Waals surface area contributed by atoms with E-state index in [0.717, 1.165) is 37.3 Å². The maximum Gasteiger partial charge on any atom is 0.160 e. The van der Waals surface area contributed by atoms with Crippen molar-refractivity contribution in [3.8, 4) is 0 Å². The minimum absolute atomic E-state index is 0.363. The standard InChI is InChI=1S/C12H17NO2S/c1-2-13(8-10-4-3-7-15-10)12-6-5-11(9-14)16-12/h5-6,9-10H,2-4,7-8H2,1H3. The second kappa shape index (κ2) is 5.46. The quantitative estimate of drug-likeness (QED) is 0.740. The number of likely N-dealkylation sites (N-methyl/N-ethyl adjacent to an activating group) is 1. The second-order valence-electron chi connectivity index (χ2n) is 3.97. The summed E-state index contributed by atoms with van der Waals surface area (Å²) in [6.45, 7) is 4.93. The second-order valence-corrected chi connectivity index (χ2v) is 5.06. The number of nitrogens with zero attached hydrogens (tertiary/aromatic N) is 1. The van der Waals surface area contributed by atoms with Gasteiger partial charge in [0, 0.05) is 19.7 Å². The fourth-order valence-electron chi connectivity index (χ4n) is 1.98. The Hall–Kier alpha value is -0.870. The third-order valence-corrected chi connectivity index (χ3v) is 3.94. The normalized spacial score (nSPS) is 19.9. The van der Waals surface area contributed by atoms with Gasteiger partial charge in [-0.05, 0) is 31.9 Å². The maximum absolute atomic E-state index is 10.6. The van der Waals surface area contributed by atoms with Crippen LogP contribution in [0.1, 0.15) is 29.4 Å². The molecule has 16 heavy (non-hydrogen) atoms. The van der Waals surface area contributed by atoms with E-state index in [9.17, 15) is 4.79 Å². The van der Waals surface area contributed by atoms with Crippen molar-refractivity contribution >= 4 is 22.6 Å². The number of hydrogen-bond donors (Lipinski definition) is 0. The number of hydrogen-bond acceptors (Lipinski definition) is 4. The highest BCUT2D eigenvalue weighted by molar-refractivity contribution is 7.17. The molecule has 88 valence electrons. The fourth-order valence-corrected chi connectivity index (χ4v) is 2.88. The van der Waals surface area contributed by atoms with E-state index in [-0.39, 0.29) is 0 Å². The zero-order valence-electron chi connectivity index (χ0n) is 9.52. The first-order chi connectivity index (χ1) is 7.83. The Bertz CT molecular complexity index is 345. The van der Waals surface area contributed by atoms with Crippen molar-refractivity contribution < 1.29 is 9.53 Å². The van der Waals surface area contributed by atoms with Crippen molar-refractivity contribution in [2.45, 2.75) is 25.9 Å². The zero-order chi connectivity index (χ0) is 11.4. The molecule has 1 fully saturated rings. The van der Waals surface area contributed by atoms with Crippen LogP contribution in [0.2, 0.25) is 0 Å². The summed E-state index contributed by atoms with van der Waals surface area (Å²) in [4.78, 5) is 13.7. The van der Waals surface area contributed by atoms with Gasteiger partial charge in [0.15, 0.2) is 6.29 Å². The van der Waals surface area contributed by atoms with Gasteiger partial charge in [0.25, 0.3) is 0 Å². The van der Waals surface area contributed by atoms with E-state index >= 15 is 0 Å². The minimum atomic E-state index is 0.363. The molecule has 0 spiro atoms. The molecule has 0 saturated carbocycles. The molecule has 0 bridgehead atoms. The van der Waals surface area contributed by atoms with Crippen molar-refractivity contribution in [2.75, 3.05) is 24.6 Å². The predicted octanol–water partition coefficient (Wildman–Crippen LogP) is 2.57. The molecule has 1 aliphatic heterocycles. The number of rotatable bonds is 5. The summed E-state index contributed by atoms with van der Waals surface area (Å²) in [5.41, 5.74) is 0. The van der Waals surface area contributed by atoms with Crippen molar-refractivity contribution in [2.24, 2.45) is 0 Å². The van der Waals surface area contributed by atoms with Crippen LogP contribution in [0.25, 0.3) is 0 Å². The number of anilines is 1. The first kappa shape index (κ1) is 11.6. The van der Waals surface area contributed by atoms with Gasteiger partial charge in [-0.3, -0.25) is 4.79 Å². The van der Waals surface area contributed by atoms with Gasteiger partial charge >= 0.3 is 0 Å². The van der Waals surface area contributed by atoms with E-state index in [4.69, 9.17) is 4.74 Å². The first-order valence-corrected chi connectivity index (χ1v) is 6.56. The summed E-state index contributed by atoms with van der Waals surface area (Å²) >= 11 is 1.55. The molecule has 3 nitrogen and oxygen atoms in total. The summed E-state index contributed by atoms with van der Waals surface area (Å²) in [6.07, 6.45) is 3.60. The van der Waals surface area contributed by atoms with Crippen LogP contribution in [0.3, 0.4) is 0 Å². The van der Waals surface area contributed by atoms with Crippen LogP contribution >= 0.6 is 11.3 Å². The molecule has 0 aliphatic carbocycles. The lowest BCUT2D eigenvalue weighted by molar-refractivity contribution is 0.112. The average molecular weight is 239 g/mol. The third kappa shape index (κ3) is 2.62. The molecule has 1 unspecified atom stereocenters. The molecule has 0 amide bonds. The van der Waals surface area contributed by atoms with Gasteiger partial charge in [-0.1, -0.05) is 0 Å². The van der Waals surface area contributed by atoms with Gasteiger partial charge in [0.2, 0.25) is 0 Å². The molecule has 0 radical (unpaired) electrons. The molecule has 1 aromatic rings. The Balaban J connectivity index is 2.00. The molecule has 1 saturated heterocycles. The number of carbonyl (C=O) groups excluding carboxylic acids is 1. The zero-order valence-corrected chi connectivity index (χ0v) is 10.3. The summed E-state index contributed by atoms with van der Waals surface area (Å²) in [5, 5.41) is 1.17. The van der Waals surface area contributed by atoms with Crippen LogP contribution in [0.4, 0.5) is 5.00 Å². The van der Waals surface area contributed by atoms with Crippen LogP contribution in [0.5, 0.6) is 0 Å². The Morgan fingerprint density at radius 2 is 2.50 bits per heavy atom. The Kier molecular flexibility index (Phi) is 3.96. The van der Waals surface area contributed by atoms with Gasteiger partial charge in [0.1, 0.15) is 0 Å². The molecular weight excluding hydrogens is 222 g/mol. The first-order valence-electron chi connectivity index (χ1n) is 5.75. The molecular formula is C12H17NO2S. The van der Waals surface area contributed by atoms with Gasteiger partial charge in [-0.25, -0.2) is 0 Å². The third-order valence-electron chi connectivity index (χ3n) is 2.87. The van der Waals surface area contributed by atoms with Crippen LogP contribution < -0.4 is 4.90 Å². The van der Waals surface area contributed by atoms with E-state index in [2.05, 4.69) is 11.8 Å². The van der Waals surface area contributed by atoms with Crippen LogP contribution in [0, 0.1) is 0 Å². The van der Waals surface area contributed by atoms with E-state index < -0.39 is 0 Å². The summed E-state index contributed by atoms with van der Waals surface area (Å²) in [7, 11) is 0. The number of thiophene rings is 1. The molecule has 1 aromatic heterocycles. The molecule has 2 rings (SSSR count). The predicted molar refractivity (Wildman–Crippen MR) is 66.6 cm³/mol. The summed E-state index contributed by atoms with van der Waals surface area (Å²) in [6, 6.07) is 3.90.